The zero-order valence-electron chi connectivity index (χ0n) is 15.9. The molecule has 2 aliphatic rings. The molecule has 7 nitrogen and oxygen atoms in total. The molecule has 2 heterocycles. The maximum Gasteiger partial charge on any atom is 0.306 e. The van der Waals surface area contributed by atoms with E-state index in [0.717, 1.165) is 35.3 Å². The highest BCUT2D eigenvalue weighted by molar-refractivity contribution is 8.14. The molecule has 1 aromatic rings. The average Bonchev–Trinajstić information content (AvgIpc) is 2.73. The van der Waals surface area contributed by atoms with Gasteiger partial charge in [0, 0.05) is 38.4 Å². The molecule has 0 spiro atoms. The van der Waals surface area contributed by atoms with Crippen LogP contribution in [-0.2, 0) is 14.3 Å². The van der Waals surface area contributed by atoms with Gasteiger partial charge in [0.25, 0.3) is 0 Å². The lowest BCUT2D eigenvalue weighted by Gasteiger charge is -2.36. The van der Waals surface area contributed by atoms with E-state index in [4.69, 9.17) is 4.74 Å². The topological polar surface area (TPSA) is 74.6 Å². The second kappa shape index (κ2) is 11.1. The van der Waals surface area contributed by atoms with E-state index in [0.29, 0.717) is 19.7 Å². The third-order valence-electron chi connectivity index (χ3n) is 4.45. The molecule has 0 saturated carbocycles. The van der Waals surface area contributed by atoms with E-state index >= 15 is 0 Å². The van der Waals surface area contributed by atoms with Crippen molar-refractivity contribution in [3.05, 3.63) is 35.9 Å². The quantitative estimate of drug-likeness (QED) is 0.678. The minimum Gasteiger partial charge on any atom is -0.466 e. The largest absolute Gasteiger partial charge is 0.466 e. The SMILES string of the molecule is CCOC(=O)CCC(=O)N1CCN(C2=NN=C(c3ccccc3)CS2)CC1.Cl. The highest BCUT2D eigenvalue weighted by atomic mass is 35.5. The number of thioether (sulfide) groups is 1. The molecule has 2 aliphatic heterocycles. The molecular formula is C19H25ClN4O3S. The Labute approximate surface area is 175 Å². The van der Waals surface area contributed by atoms with Gasteiger partial charge in [0.2, 0.25) is 5.91 Å². The Morgan fingerprint density at radius 2 is 1.79 bits per heavy atom. The van der Waals surface area contributed by atoms with Crippen molar-refractivity contribution in [2.24, 2.45) is 10.2 Å². The summed E-state index contributed by atoms with van der Waals surface area (Å²) < 4.78 is 4.87. The molecule has 0 unspecified atom stereocenters. The predicted octanol–water partition coefficient (Wildman–Crippen LogP) is 2.40. The molecule has 0 aliphatic carbocycles. The van der Waals surface area contributed by atoms with Crippen LogP contribution < -0.4 is 0 Å². The first kappa shape index (κ1) is 22.2. The molecule has 1 aromatic carbocycles. The van der Waals surface area contributed by atoms with Crippen LogP contribution in [0, 0.1) is 0 Å². The van der Waals surface area contributed by atoms with Crippen molar-refractivity contribution in [1.29, 1.82) is 0 Å². The van der Waals surface area contributed by atoms with Gasteiger partial charge in [-0.05, 0) is 12.5 Å². The summed E-state index contributed by atoms with van der Waals surface area (Å²) in [6.07, 6.45) is 0.353. The summed E-state index contributed by atoms with van der Waals surface area (Å²) in [5.41, 5.74) is 2.09. The molecule has 0 N–H and O–H groups in total. The molecule has 28 heavy (non-hydrogen) atoms. The van der Waals surface area contributed by atoms with E-state index in [2.05, 4.69) is 15.1 Å². The lowest BCUT2D eigenvalue weighted by atomic mass is 10.1. The molecule has 9 heteroatoms. The number of amides is 1. The second-order valence-corrected chi connectivity index (χ2v) is 7.20. The number of piperazine rings is 1. The van der Waals surface area contributed by atoms with Gasteiger partial charge < -0.3 is 14.5 Å². The van der Waals surface area contributed by atoms with Crippen molar-refractivity contribution >= 4 is 46.9 Å². The number of esters is 1. The van der Waals surface area contributed by atoms with E-state index < -0.39 is 0 Å². The van der Waals surface area contributed by atoms with E-state index in [9.17, 15) is 9.59 Å². The monoisotopic (exact) mass is 424 g/mol. The minimum absolute atomic E-state index is 0. The number of hydrogen-bond acceptors (Lipinski definition) is 7. The molecular weight excluding hydrogens is 400 g/mol. The van der Waals surface area contributed by atoms with Crippen molar-refractivity contribution in [2.45, 2.75) is 19.8 Å². The number of ether oxygens (including phenoxy) is 1. The summed E-state index contributed by atoms with van der Waals surface area (Å²) in [6, 6.07) is 10.1. The normalized spacial score (nSPS) is 16.6. The van der Waals surface area contributed by atoms with Gasteiger partial charge >= 0.3 is 5.97 Å². The van der Waals surface area contributed by atoms with Crippen molar-refractivity contribution in [1.82, 2.24) is 9.80 Å². The number of halogens is 1. The van der Waals surface area contributed by atoms with Gasteiger partial charge in [-0.25, -0.2) is 0 Å². The second-order valence-electron chi connectivity index (χ2n) is 6.26. The summed E-state index contributed by atoms with van der Waals surface area (Å²) in [5, 5.41) is 9.69. The predicted molar refractivity (Wildman–Crippen MR) is 114 cm³/mol. The van der Waals surface area contributed by atoms with Gasteiger partial charge in [0.05, 0.1) is 18.7 Å². The number of nitrogens with zero attached hydrogens (tertiary/aromatic N) is 4. The van der Waals surface area contributed by atoms with Gasteiger partial charge in [-0.3, -0.25) is 9.59 Å². The van der Waals surface area contributed by atoms with Gasteiger partial charge in [-0.15, -0.1) is 17.5 Å². The fourth-order valence-corrected chi connectivity index (χ4v) is 3.92. The van der Waals surface area contributed by atoms with Crippen LogP contribution >= 0.6 is 24.2 Å². The third kappa shape index (κ3) is 5.97. The van der Waals surface area contributed by atoms with Crippen molar-refractivity contribution in [3.8, 4) is 0 Å². The molecule has 0 atom stereocenters. The smallest absolute Gasteiger partial charge is 0.306 e. The van der Waals surface area contributed by atoms with E-state index in [1.807, 2.05) is 35.2 Å². The molecule has 0 radical (unpaired) electrons. The lowest BCUT2D eigenvalue weighted by Crippen LogP contribution is -2.50. The Hall–Kier alpha value is -2.06. The zero-order chi connectivity index (χ0) is 19.1. The van der Waals surface area contributed by atoms with Crippen LogP contribution in [0.3, 0.4) is 0 Å². The summed E-state index contributed by atoms with van der Waals surface area (Å²) >= 11 is 1.68. The van der Waals surface area contributed by atoms with Crippen LogP contribution in [0.5, 0.6) is 0 Å². The average molecular weight is 425 g/mol. The van der Waals surface area contributed by atoms with Gasteiger partial charge in [0.1, 0.15) is 0 Å². The molecule has 3 rings (SSSR count). The van der Waals surface area contributed by atoms with E-state index in [1.165, 1.54) is 0 Å². The fourth-order valence-electron chi connectivity index (χ4n) is 2.97. The van der Waals surface area contributed by atoms with Crippen LogP contribution in [0.25, 0.3) is 0 Å². The Balaban J connectivity index is 0.00000280. The van der Waals surface area contributed by atoms with E-state index in [-0.39, 0.29) is 37.1 Å². The molecule has 1 fully saturated rings. The van der Waals surface area contributed by atoms with Gasteiger partial charge in [0.15, 0.2) is 5.17 Å². The maximum absolute atomic E-state index is 12.2. The first-order valence-electron chi connectivity index (χ1n) is 9.18. The Morgan fingerprint density at radius 3 is 2.39 bits per heavy atom. The summed E-state index contributed by atoms with van der Waals surface area (Å²) in [7, 11) is 0. The molecule has 1 saturated heterocycles. The first-order valence-corrected chi connectivity index (χ1v) is 10.2. The number of rotatable bonds is 5. The van der Waals surface area contributed by atoms with Gasteiger partial charge in [-0.1, -0.05) is 42.1 Å². The number of carbonyl (C=O) groups is 2. The molecule has 0 bridgehead atoms. The first-order chi connectivity index (χ1) is 13.2. The van der Waals surface area contributed by atoms with Crippen molar-refractivity contribution < 1.29 is 14.3 Å². The summed E-state index contributed by atoms with van der Waals surface area (Å²) in [6.45, 7) is 4.84. The molecule has 0 aromatic heterocycles. The van der Waals surface area contributed by atoms with Crippen LogP contribution in [0.4, 0.5) is 0 Å². The summed E-state index contributed by atoms with van der Waals surface area (Å²) in [4.78, 5) is 27.6. The molecule has 1 amide bonds. The minimum atomic E-state index is -0.315. The standard InChI is InChI=1S/C19H24N4O3S.ClH/c1-2-26-18(25)9-8-17(24)22-10-12-23(13-11-22)19-21-20-16(14-27-19)15-6-4-3-5-7-15;/h3-7H,2,8-14H2,1H3;1H. The number of carbonyl (C=O) groups excluding carboxylic acids is 2. The maximum atomic E-state index is 12.2. The fraction of sp³-hybridized carbons (Fsp3) is 0.474. The Morgan fingerprint density at radius 1 is 1.07 bits per heavy atom. The highest BCUT2D eigenvalue weighted by Crippen LogP contribution is 2.19. The Bertz CT molecular complexity index is 734. The van der Waals surface area contributed by atoms with Crippen LogP contribution in [-0.4, -0.2) is 71.1 Å². The van der Waals surface area contributed by atoms with Crippen molar-refractivity contribution in [3.63, 3.8) is 0 Å². The van der Waals surface area contributed by atoms with Crippen LogP contribution in [0.15, 0.2) is 40.5 Å². The van der Waals surface area contributed by atoms with Crippen LogP contribution in [0.1, 0.15) is 25.3 Å². The highest BCUT2D eigenvalue weighted by Gasteiger charge is 2.25. The van der Waals surface area contributed by atoms with Crippen LogP contribution in [0.2, 0.25) is 0 Å². The van der Waals surface area contributed by atoms with E-state index in [1.54, 1.807) is 18.7 Å². The zero-order valence-corrected chi connectivity index (χ0v) is 17.5. The Kier molecular flexibility index (Phi) is 8.79. The third-order valence-corrected chi connectivity index (χ3v) is 5.47. The number of amidine groups is 1. The summed E-state index contributed by atoms with van der Waals surface area (Å²) in [5.74, 6) is 0.483. The van der Waals surface area contributed by atoms with Crippen molar-refractivity contribution in [2.75, 3.05) is 38.5 Å². The molecule has 152 valence electrons. The number of hydrogen-bond donors (Lipinski definition) is 0. The van der Waals surface area contributed by atoms with Gasteiger partial charge in [-0.2, -0.15) is 5.10 Å². The lowest BCUT2D eigenvalue weighted by molar-refractivity contribution is -0.145. The number of benzene rings is 1.